The van der Waals surface area contributed by atoms with Crippen molar-refractivity contribution in [1.82, 2.24) is 10.3 Å². The highest BCUT2D eigenvalue weighted by atomic mass is 15.0. The quantitative estimate of drug-likeness (QED) is 0.771. The molecule has 4 nitrogen and oxygen atoms in total. The number of pyridine rings is 1. The Morgan fingerprint density at radius 2 is 2.60 bits per heavy atom. The first-order valence-electron chi connectivity index (χ1n) is 5.22. The monoisotopic (exact) mass is 202 g/mol. The molecule has 0 bridgehead atoms. The Morgan fingerprint density at radius 3 is 3.33 bits per heavy atom. The summed E-state index contributed by atoms with van der Waals surface area (Å²) in [6.07, 6.45) is 4.08. The van der Waals surface area contributed by atoms with Gasteiger partial charge in [0.2, 0.25) is 0 Å². The van der Waals surface area contributed by atoms with Crippen molar-refractivity contribution in [2.75, 3.05) is 18.4 Å². The zero-order valence-electron chi connectivity index (χ0n) is 8.53. The number of rotatable bonds is 3. The van der Waals surface area contributed by atoms with Crippen LogP contribution in [0.25, 0.3) is 0 Å². The van der Waals surface area contributed by atoms with E-state index in [1.165, 1.54) is 12.8 Å². The van der Waals surface area contributed by atoms with E-state index in [2.05, 4.69) is 21.7 Å². The second-order valence-corrected chi connectivity index (χ2v) is 3.69. The minimum Gasteiger partial charge on any atom is -0.381 e. The van der Waals surface area contributed by atoms with Crippen molar-refractivity contribution in [1.29, 1.82) is 5.26 Å². The first-order chi connectivity index (χ1) is 7.40. The van der Waals surface area contributed by atoms with Gasteiger partial charge in [0.05, 0.1) is 5.69 Å². The molecule has 2 rings (SSSR count). The van der Waals surface area contributed by atoms with Crippen LogP contribution in [0.15, 0.2) is 18.3 Å². The van der Waals surface area contributed by atoms with Crippen LogP contribution in [0.3, 0.4) is 0 Å². The summed E-state index contributed by atoms with van der Waals surface area (Å²) in [7, 11) is 0. The van der Waals surface area contributed by atoms with Gasteiger partial charge in [0.1, 0.15) is 6.07 Å². The van der Waals surface area contributed by atoms with Gasteiger partial charge in [-0.2, -0.15) is 5.26 Å². The van der Waals surface area contributed by atoms with Gasteiger partial charge < -0.3 is 10.6 Å². The van der Waals surface area contributed by atoms with E-state index in [1.54, 1.807) is 6.20 Å². The molecule has 4 heteroatoms. The molecule has 0 amide bonds. The van der Waals surface area contributed by atoms with Gasteiger partial charge in [-0.25, -0.2) is 4.98 Å². The van der Waals surface area contributed by atoms with Gasteiger partial charge in [0.25, 0.3) is 0 Å². The van der Waals surface area contributed by atoms with Crippen LogP contribution >= 0.6 is 0 Å². The molecule has 2 N–H and O–H groups in total. The normalized spacial score (nSPS) is 19.8. The van der Waals surface area contributed by atoms with Crippen LogP contribution in [0.2, 0.25) is 0 Å². The maximum absolute atomic E-state index is 8.84. The Balaban J connectivity index is 1.95. The predicted molar refractivity (Wildman–Crippen MR) is 58.5 cm³/mol. The summed E-state index contributed by atoms with van der Waals surface area (Å²) in [4.78, 5) is 4.00. The lowest BCUT2D eigenvalue weighted by molar-refractivity contribution is 0.633. The van der Waals surface area contributed by atoms with Crippen molar-refractivity contribution in [2.24, 2.45) is 0 Å². The number of hydrogen-bond acceptors (Lipinski definition) is 4. The van der Waals surface area contributed by atoms with E-state index < -0.39 is 0 Å². The van der Waals surface area contributed by atoms with Crippen molar-refractivity contribution in [3.8, 4) is 6.07 Å². The fourth-order valence-corrected chi connectivity index (χ4v) is 1.80. The second kappa shape index (κ2) is 4.76. The fourth-order valence-electron chi connectivity index (χ4n) is 1.80. The molecule has 78 valence electrons. The van der Waals surface area contributed by atoms with Crippen LogP contribution in [0.4, 0.5) is 5.69 Å². The molecule has 2 heterocycles. The van der Waals surface area contributed by atoms with E-state index in [9.17, 15) is 0 Å². The average Bonchev–Trinajstić information content (AvgIpc) is 2.79. The molecule has 0 radical (unpaired) electrons. The van der Waals surface area contributed by atoms with Crippen LogP contribution < -0.4 is 10.6 Å². The van der Waals surface area contributed by atoms with Crippen molar-refractivity contribution < 1.29 is 0 Å². The van der Waals surface area contributed by atoms with Crippen molar-refractivity contribution in [3.63, 3.8) is 0 Å². The average molecular weight is 202 g/mol. The van der Waals surface area contributed by atoms with E-state index in [0.29, 0.717) is 11.7 Å². The molecule has 1 aliphatic rings. The third kappa shape index (κ3) is 2.45. The molecular weight excluding hydrogens is 188 g/mol. The first-order valence-corrected chi connectivity index (χ1v) is 5.22. The minimum atomic E-state index is 0.468. The highest BCUT2D eigenvalue weighted by Crippen LogP contribution is 2.12. The predicted octanol–water partition coefficient (Wildman–Crippen LogP) is 1.12. The van der Waals surface area contributed by atoms with Gasteiger partial charge in [-0.3, -0.25) is 0 Å². The van der Waals surface area contributed by atoms with Crippen LogP contribution in [0.1, 0.15) is 18.5 Å². The van der Waals surface area contributed by atoms with Crippen LogP contribution in [-0.2, 0) is 0 Å². The third-order valence-electron chi connectivity index (χ3n) is 2.61. The molecular formula is C11H14N4. The number of nitrogens with zero attached hydrogens (tertiary/aromatic N) is 2. The van der Waals surface area contributed by atoms with E-state index in [4.69, 9.17) is 5.26 Å². The lowest BCUT2D eigenvalue weighted by Crippen LogP contribution is -2.29. The number of aromatic nitrogens is 1. The highest BCUT2D eigenvalue weighted by molar-refractivity contribution is 5.53. The van der Waals surface area contributed by atoms with Crippen LogP contribution in [0.5, 0.6) is 0 Å². The number of nitriles is 1. The molecule has 1 atom stereocenters. The lowest BCUT2D eigenvalue weighted by atomic mass is 10.2. The fraction of sp³-hybridized carbons (Fsp3) is 0.455. The largest absolute Gasteiger partial charge is 0.381 e. The molecule has 15 heavy (non-hydrogen) atoms. The zero-order valence-corrected chi connectivity index (χ0v) is 8.53. The Hall–Kier alpha value is -1.60. The molecule has 0 aliphatic carbocycles. The van der Waals surface area contributed by atoms with E-state index in [1.807, 2.05) is 12.1 Å². The smallest absolute Gasteiger partial charge is 0.163 e. The third-order valence-corrected chi connectivity index (χ3v) is 2.61. The minimum absolute atomic E-state index is 0.468. The maximum atomic E-state index is 8.84. The summed E-state index contributed by atoms with van der Waals surface area (Å²) in [5.74, 6) is 0. The Morgan fingerprint density at radius 1 is 1.67 bits per heavy atom. The molecule has 1 fully saturated rings. The molecule has 1 unspecified atom stereocenters. The summed E-state index contributed by atoms with van der Waals surface area (Å²) in [5.41, 5.74) is 1.30. The highest BCUT2D eigenvalue weighted by Gasteiger charge is 2.13. The van der Waals surface area contributed by atoms with Crippen LogP contribution in [-0.4, -0.2) is 24.1 Å². The molecule has 1 aromatic rings. The van der Waals surface area contributed by atoms with Crippen molar-refractivity contribution >= 4 is 5.69 Å². The van der Waals surface area contributed by atoms with Gasteiger partial charge in [0, 0.05) is 18.8 Å². The Kier molecular flexibility index (Phi) is 3.15. The molecule has 0 spiro atoms. The summed E-state index contributed by atoms with van der Waals surface area (Å²) >= 11 is 0. The van der Waals surface area contributed by atoms with E-state index >= 15 is 0 Å². The van der Waals surface area contributed by atoms with Gasteiger partial charge in [0.15, 0.2) is 5.69 Å². The van der Waals surface area contributed by atoms with Crippen LogP contribution in [0, 0.1) is 11.3 Å². The summed E-state index contributed by atoms with van der Waals surface area (Å²) in [6, 6.07) is 6.33. The van der Waals surface area contributed by atoms with Crippen molar-refractivity contribution in [3.05, 3.63) is 24.0 Å². The van der Waals surface area contributed by atoms with Gasteiger partial charge in [-0.1, -0.05) is 0 Å². The van der Waals surface area contributed by atoms with E-state index in [-0.39, 0.29) is 0 Å². The Labute approximate surface area is 89.3 Å². The number of anilines is 1. The molecule has 0 saturated carbocycles. The van der Waals surface area contributed by atoms with Gasteiger partial charge in [-0.05, 0) is 31.5 Å². The summed E-state index contributed by atoms with van der Waals surface area (Å²) < 4.78 is 0. The van der Waals surface area contributed by atoms with Gasteiger partial charge >= 0.3 is 0 Å². The Bertz CT molecular complexity index is 363. The SMILES string of the molecule is N#Cc1ncccc1NCC1CCCN1. The molecule has 1 aromatic heterocycles. The molecule has 0 aromatic carbocycles. The number of nitrogens with one attached hydrogen (secondary N) is 2. The first kappa shape index (κ1) is 9.94. The topological polar surface area (TPSA) is 60.7 Å². The number of hydrogen-bond donors (Lipinski definition) is 2. The van der Waals surface area contributed by atoms with E-state index in [0.717, 1.165) is 18.8 Å². The molecule has 1 aliphatic heterocycles. The lowest BCUT2D eigenvalue weighted by Gasteiger charge is -2.12. The zero-order chi connectivity index (χ0) is 10.5. The summed E-state index contributed by atoms with van der Waals surface area (Å²) in [5, 5.41) is 15.5. The summed E-state index contributed by atoms with van der Waals surface area (Å²) in [6.45, 7) is 1.96. The standard InChI is InChI=1S/C11H14N4/c12-7-11-10(4-2-6-14-11)15-8-9-3-1-5-13-9/h2,4,6,9,13,15H,1,3,5,8H2. The van der Waals surface area contributed by atoms with Crippen molar-refractivity contribution in [2.45, 2.75) is 18.9 Å². The van der Waals surface area contributed by atoms with Gasteiger partial charge in [-0.15, -0.1) is 0 Å². The maximum Gasteiger partial charge on any atom is 0.163 e. The molecule has 1 saturated heterocycles. The second-order valence-electron chi connectivity index (χ2n) is 3.69.